The van der Waals surface area contributed by atoms with Gasteiger partial charge in [-0.15, -0.1) is 0 Å². The van der Waals surface area contributed by atoms with Gasteiger partial charge in [-0.05, 0) is 43.5 Å². The highest BCUT2D eigenvalue weighted by Gasteiger charge is 2.31. The molecule has 0 radical (unpaired) electrons. The molecule has 0 heterocycles. The van der Waals surface area contributed by atoms with E-state index in [2.05, 4.69) is 0 Å². The lowest BCUT2D eigenvalue weighted by molar-refractivity contribution is -0.0322. The number of benzene rings is 1. The molecule has 1 aromatic carbocycles. The molecule has 0 unspecified atom stereocenters. The molecule has 0 atom stereocenters. The molecule has 0 aliphatic rings. The monoisotopic (exact) mass is 355 g/mol. The van der Waals surface area contributed by atoms with E-state index >= 15 is 0 Å². The van der Waals surface area contributed by atoms with Gasteiger partial charge >= 0.3 is 5.51 Å². The van der Waals surface area contributed by atoms with Crippen LogP contribution in [0.25, 0.3) is 0 Å². The van der Waals surface area contributed by atoms with Gasteiger partial charge in [0.2, 0.25) is 0 Å². The Morgan fingerprint density at radius 3 is 2.42 bits per heavy atom. The highest BCUT2D eigenvalue weighted by Crippen LogP contribution is 2.40. The standard InChI is InChI=1S/C18H20F3NOS/c1-3-4-8-14(12-22)17(24-18(19,20)21)11-10-16(23)15-9-6-5-7-13(15)2/h5-7,9H,3-4,8,10-11H2,1-2H3/b17-14+. The number of nitrogens with zero attached hydrogens (tertiary/aromatic N) is 1. The molecule has 0 aromatic heterocycles. The molecule has 1 aromatic rings. The molecule has 0 saturated heterocycles. The van der Waals surface area contributed by atoms with Crippen molar-refractivity contribution in [1.29, 1.82) is 5.26 Å². The van der Waals surface area contributed by atoms with Crippen LogP contribution in [0.5, 0.6) is 0 Å². The summed E-state index contributed by atoms with van der Waals surface area (Å²) in [6.07, 6.45) is 1.64. The molecule has 24 heavy (non-hydrogen) atoms. The molecular formula is C18H20F3NOS. The highest BCUT2D eigenvalue weighted by atomic mass is 32.2. The minimum absolute atomic E-state index is 0.0411. The average Bonchev–Trinajstić information content (AvgIpc) is 2.51. The molecule has 0 saturated carbocycles. The van der Waals surface area contributed by atoms with E-state index in [1.807, 2.05) is 13.0 Å². The fraction of sp³-hybridized carbons (Fsp3) is 0.444. The predicted octanol–water partition coefficient (Wildman–Crippen LogP) is 6.18. The average molecular weight is 355 g/mol. The van der Waals surface area contributed by atoms with Gasteiger partial charge in [0.15, 0.2) is 5.78 Å². The number of hydrogen-bond donors (Lipinski definition) is 0. The summed E-state index contributed by atoms with van der Waals surface area (Å²) in [5, 5.41) is 9.17. The highest BCUT2D eigenvalue weighted by molar-refractivity contribution is 8.03. The fourth-order valence-corrected chi connectivity index (χ4v) is 3.02. The van der Waals surface area contributed by atoms with Gasteiger partial charge in [0, 0.05) is 22.5 Å². The molecule has 0 N–H and O–H groups in total. The third kappa shape index (κ3) is 6.79. The Morgan fingerprint density at radius 1 is 1.21 bits per heavy atom. The predicted molar refractivity (Wildman–Crippen MR) is 90.6 cm³/mol. The number of unbranched alkanes of at least 4 members (excludes halogenated alkanes) is 1. The molecule has 0 spiro atoms. The third-order valence-electron chi connectivity index (χ3n) is 3.52. The van der Waals surface area contributed by atoms with Crippen molar-refractivity contribution in [2.45, 2.75) is 51.5 Å². The van der Waals surface area contributed by atoms with Gasteiger partial charge in [0.1, 0.15) is 0 Å². The van der Waals surface area contributed by atoms with Crippen LogP contribution in [-0.4, -0.2) is 11.3 Å². The number of hydrogen-bond acceptors (Lipinski definition) is 3. The molecule has 0 bridgehead atoms. The Morgan fingerprint density at radius 2 is 1.88 bits per heavy atom. The third-order valence-corrected chi connectivity index (χ3v) is 4.44. The summed E-state index contributed by atoms with van der Waals surface area (Å²) in [5.41, 5.74) is -3.02. The number of thioether (sulfide) groups is 1. The van der Waals surface area contributed by atoms with Crippen LogP contribution in [0.15, 0.2) is 34.7 Å². The molecule has 0 amide bonds. The Bertz CT molecular complexity index is 644. The van der Waals surface area contributed by atoms with Gasteiger partial charge < -0.3 is 0 Å². The van der Waals surface area contributed by atoms with Crippen molar-refractivity contribution in [3.63, 3.8) is 0 Å². The number of alkyl halides is 3. The molecule has 0 fully saturated rings. The maximum Gasteiger partial charge on any atom is 0.446 e. The van der Waals surface area contributed by atoms with Gasteiger partial charge in [-0.3, -0.25) is 4.79 Å². The van der Waals surface area contributed by atoms with Gasteiger partial charge in [0.05, 0.1) is 6.07 Å². The van der Waals surface area contributed by atoms with Gasteiger partial charge in [0.25, 0.3) is 0 Å². The van der Waals surface area contributed by atoms with E-state index in [1.54, 1.807) is 31.2 Å². The van der Waals surface area contributed by atoms with E-state index in [0.717, 1.165) is 12.0 Å². The zero-order valence-electron chi connectivity index (χ0n) is 13.7. The second-order valence-corrected chi connectivity index (χ2v) is 6.56. The fourth-order valence-electron chi connectivity index (χ4n) is 2.26. The largest absolute Gasteiger partial charge is 0.446 e. The summed E-state index contributed by atoms with van der Waals surface area (Å²) in [6.45, 7) is 3.70. The van der Waals surface area contributed by atoms with Crippen LogP contribution < -0.4 is 0 Å². The molecule has 0 aliphatic carbocycles. The maximum absolute atomic E-state index is 12.8. The van der Waals surface area contributed by atoms with Crippen LogP contribution in [0, 0.1) is 18.3 Å². The number of nitriles is 1. The first-order chi connectivity index (χ1) is 11.3. The van der Waals surface area contributed by atoms with Crippen molar-refractivity contribution >= 4 is 17.5 Å². The van der Waals surface area contributed by atoms with E-state index < -0.39 is 5.51 Å². The van der Waals surface area contributed by atoms with Crippen molar-refractivity contribution in [2.24, 2.45) is 0 Å². The second-order valence-electron chi connectivity index (χ2n) is 5.40. The zero-order valence-corrected chi connectivity index (χ0v) is 14.6. The summed E-state index contributed by atoms with van der Waals surface area (Å²) < 4.78 is 38.3. The van der Waals surface area contributed by atoms with E-state index in [1.165, 1.54) is 0 Å². The number of halogens is 3. The molecule has 0 aliphatic heterocycles. The Balaban J connectivity index is 2.93. The minimum Gasteiger partial charge on any atom is -0.294 e. The smallest absolute Gasteiger partial charge is 0.294 e. The van der Waals surface area contributed by atoms with Gasteiger partial charge in [-0.25, -0.2) is 0 Å². The van der Waals surface area contributed by atoms with Crippen molar-refractivity contribution < 1.29 is 18.0 Å². The molecule has 2 nitrogen and oxygen atoms in total. The van der Waals surface area contributed by atoms with E-state index in [4.69, 9.17) is 0 Å². The van der Waals surface area contributed by atoms with Crippen molar-refractivity contribution in [1.82, 2.24) is 0 Å². The Labute approximate surface area is 144 Å². The topological polar surface area (TPSA) is 40.9 Å². The van der Waals surface area contributed by atoms with Crippen molar-refractivity contribution in [3.8, 4) is 6.07 Å². The molecule has 130 valence electrons. The van der Waals surface area contributed by atoms with Gasteiger partial charge in [-0.1, -0.05) is 37.6 Å². The first-order valence-electron chi connectivity index (χ1n) is 7.75. The zero-order chi connectivity index (χ0) is 18.2. The summed E-state index contributed by atoms with van der Waals surface area (Å²) in [5.74, 6) is -0.207. The number of ketones is 1. The van der Waals surface area contributed by atoms with E-state index in [-0.39, 0.29) is 40.9 Å². The number of carbonyl (C=O) groups excluding carboxylic acids is 1. The lowest BCUT2D eigenvalue weighted by Crippen LogP contribution is -2.06. The molecule has 1 rings (SSSR count). The Hall–Kier alpha value is -1.74. The first-order valence-corrected chi connectivity index (χ1v) is 8.56. The number of Topliss-reactive ketones (excluding diaryl/α,β-unsaturated/α-hetero) is 1. The van der Waals surface area contributed by atoms with Crippen LogP contribution in [0.2, 0.25) is 0 Å². The molecule has 6 heteroatoms. The van der Waals surface area contributed by atoms with E-state index in [0.29, 0.717) is 18.4 Å². The summed E-state index contributed by atoms with van der Waals surface area (Å²) in [7, 11) is 0. The summed E-state index contributed by atoms with van der Waals surface area (Å²) >= 11 is -0.269. The van der Waals surface area contributed by atoms with Crippen molar-refractivity contribution in [2.75, 3.05) is 0 Å². The van der Waals surface area contributed by atoms with Crippen molar-refractivity contribution in [3.05, 3.63) is 45.9 Å². The number of carbonyl (C=O) groups is 1. The SMILES string of the molecule is CCCC/C(C#N)=C(/CCC(=O)c1ccccc1C)SC(F)(F)F. The summed E-state index contributed by atoms with van der Waals surface area (Å²) in [4.78, 5) is 12.2. The first kappa shape index (κ1) is 20.3. The van der Waals surface area contributed by atoms with Crippen LogP contribution in [-0.2, 0) is 0 Å². The van der Waals surface area contributed by atoms with E-state index in [9.17, 15) is 23.2 Å². The van der Waals surface area contributed by atoms with Crippen LogP contribution in [0.3, 0.4) is 0 Å². The number of allylic oxidation sites excluding steroid dienone is 2. The van der Waals surface area contributed by atoms with Crippen LogP contribution in [0.4, 0.5) is 13.2 Å². The second kappa shape index (κ2) is 9.53. The minimum atomic E-state index is -4.46. The lowest BCUT2D eigenvalue weighted by Gasteiger charge is -2.13. The molecular weight excluding hydrogens is 335 g/mol. The van der Waals surface area contributed by atoms with Gasteiger partial charge in [-0.2, -0.15) is 18.4 Å². The quantitative estimate of drug-likeness (QED) is 0.413. The number of aryl methyl sites for hydroxylation is 1. The maximum atomic E-state index is 12.8. The van der Waals surface area contributed by atoms with Crippen LogP contribution in [0.1, 0.15) is 54.9 Å². The van der Waals surface area contributed by atoms with Crippen LogP contribution >= 0.6 is 11.8 Å². The Kier molecular flexibility index (Phi) is 8.06. The number of rotatable bonds is 8. The lowest BCUT2D eigenvalue weighted by atomic mass is 10.0. The normalized spacial score (nSPS) is 12.5. The summed E-state index contributed by atoms with van der Waals surface area (Å²) in [6, 6.07) is 8.86.